The number of esters is 1. The number of hydrogen-bond donors (Lipinski definition) is 1. The van der Waals surface area contributed by atoms with Gasteiger partial charge in [-0.3, -0.25) is 9.59 Å². The predicted molar refractivity (Wildman–Crippen MR) is 94.8 cm³/mol. The number of anilines is 1. The zero-order valence-corrected chi connectivity index (χ0v) is 14.6. The SMILES string of the molecule is Cc1ccc(NC(=O)[C@@H](C)OC(=O)CCc2ccccc2F)c(C)c1. The van der Waals surface area contributed by atoms with E-state index in [4.69, 9.17) is 4.74 Å². The summed E-state index contributed by atoms with van der Waals surface area (Å²) < 4.78 is 18.7. The Hall–Kier alpha value is -2.69. The number of nitrogens with one attached hydrogen (secondary N) is 1. The Morgan fingerprint density at radius 3 is 2.56 bits per heavy atom. The minimum Gasteiger partial charge on any atom is -0.453 e. The average Bonchev–Trinajstić information content (AvgIpc) is 2.56. The Kier molecular flexibility index (Phi) is 6.28. The van der Waals surface area contributed by atoms with Crippen LogP contribution >= 0.6 is 0 Å². The number of aryl methyl sites for hydroxylation is 3. The molecule has 2 aromatic carbocycles. The van der Waals surface area contributed by atoms with Gasteiger partial charge in [-0.1, -0.05) is 35.9 Å². The molecule has 2 rings (SSSR count). The van der Waals surface area contributed by atoms with Gasteiger partial charge in [0, 0.05) is 12.1 Å². The van der Waals surface area contributed by atoms with Crippen LogP contribution in [-0.4, -0.2) is 18.0 Å². The van der Waals surface area contributed by atoms with Gasteiger partial charge < -0.3 is 10.1 Å². The summed E-state index contributed by atoms with van der Waals surface area (Å²) >= 11 is 0. The van der Waals surface area contributed by atoms with Crippen molar-refractivity contribution in [3.05, 3.63) is 65.0 Å². The quantitative estimate of drug-likeness (QED) is 0.808. The smallest absolute Gasteiger partial charge is 0.306 e. The number of ether oxygens (including phenoxy) is 1. The van der Waals surface area contributed by atoms with Gasteiger partial charge in [0.05, 0.1) is 0 Å². The second kappa shape index (κ2) is 8.42. The molecule has 2 aromatic rings. The summed E-state index contributed by atoms with van der Waals surface area (Å²) in [5.41, 5.74) is 3.17. The summed E-state index contributed by atoms with van der Waals surface area (Å²) in [6, 6.07) is 11.9. The van der Waals surface area contributed by atoms with E-state index in [0.29, 0.717) is 11.3 Å². The number of amides is 1. The van der Waals surface area contributed by atoms with Crippen molar-refractivity contribution in [1.82, 2.24) is 0 Å². The molecule has 0 heterocycles. The summed E-state index contributed by atoms with van der Waals surface area (Å²) in [5.74, 6) is -1.28. The van der Waals surface area contributed by atoms with E-state index in [2.05, 4.69) is 5.32 Å². The van der Waals surface area contributed by atoms with Gasteiger partial charge in [0.25, 0.3) is 5.91 Å². The van der Waals surface area contributed by atoms with E-state index in [9.17, 15) is 14.0 Å². The zero-order chi connectivity index (χ0) is 18.4. The summed E-state index contributed by atoms with van der Waals surface area (Å²) in [4.78, 5) is 24.0. The van der Waals surface area contributed by atoms with Crippen LogP contribution in [0.1, 0.15) is 30.0 Å². The highest BCUT2D eigenvalue weighted by atomic mass is 19.1. The van der Waals surface area contributed by atoms with Gasteiger partial charge in [0.15, 0.2) is 6.10 Å². The topological polar surface area (TPSA) is 55.4 Å². The van der Waals surface area contributed by atoms with Gasteiger partial charge in [-0.25, -0.2) is 4.39 Å². The van der Waals surface area contributed by atoms with Crippen molar-refractivity contribution in [2.75, 3.05) is 5.32 Å². The first-order valence-corrected chi connectivity index (χ1v) is 8.18. The molecule has 0 aromatic heterocycles. The van der Waals surface area contributed by atoms with Crippen LogP contribution in [-0.2, 0) is 20.7 Å². The normalized spacial score (nSPS) is 11.7. The number of carbonyl (C=O) groups is 2. The van der Waals surface area contributed by atoms with Crippen LogP contribution in [0.15, 0.2) is 42.5 Å². The van der Waals surface area contributed by atoms with Gasteiger partial charge >= 0.3 is 5.97 Å². The average molecular weight is 343 g/mol. The first-order chi connectivity index (χ1) is 11.9. The molecule has 1 N–H and O–H groups in total. The Bertz CT molecular complexity index is 773. The van der Waals surface area contributed by atoms with Crippen LogP contribution in [0.5, 0.6) is 0 Å². The van der Waals surface area contributed by atoms with E-state index in [-0.39, 0.29) is 18.7 Å². The maximum absolute atomic E-state index is 13.5. The monoisotopic (exact) mass is 343 g/mol. The largest absolute Gasteiger partial charge is 0.453 e. The van der Waals surface area contributed by atoms with E-state index in [1.165, 1.54) is 13.0 Å². The number of rotatable bonds is 6. The highest BCUT2D eigenvalue weighted by Gasteiger charge is 2.18. The van der Waals surface area contributed by atoms with Gasteiger partial charge in [0.1, 0.15) is 5.82 Å². The Labute approximate surface area is 147 Å². The Morgan fingerprint density at radius 2 is 1.88 bits per heavy atom. The van der Waals surface area contributed by atoms with Crippen molar-refractivity contribution in [2.45, 2.75) is 39.7 Å². The van der Waals surface area contributed by atoms with Crippen molar-refractivity contribution in [3.8, 4) is 0 Å². The molecule has 0 saturated heterocycles. The fourth-order valence-corrected chi connectivity index (χ4v) is 2.44. The van der Waals surface area contributed by atoms with E-state index in [1.807, 2.05) is 32.0 Å². The highest BCUT2D eigenvalue weighted by Crippen LogP contribution is 2.16. The van der Waals surface area contributed by atoms with Gasteiger partial charge in [-0.05, 0) is 50.5 Å². The second-order valence-corrected chi connectivity index (χ2v) is 6.03. The van der Waals surface area contributed by atoms with Crippen LogP contribution in [0, 0.1) is 19.7 Å². The number of halogens is 1. The van der Waals surface area contributed by atoms with E-state index in [1.54, 1.807) is 18.2 Å². The van der Waals surface area contributed by atoms with Gasteiger partial charge in [0.2, 0.25) is 0 Å². The molecular weight excluding hydrogens is 321 g/mol. The molecule has 0 bridgehead atoms. The maximum atomic E-state index is 13.5. The third kappa shape index (κ3) is 5.41. The highest BCUT2D eigenvalue weighted by molar-refractivity contribution is 5.95. The fraction of sp³-hybridized carbons (Fsp3) is 0.300. The molecule has 5 heteroatoms. The molecular formula is C20H22FNO3. The van der Waals surface area contributed by atoms with Crippen LogP contribution < -0.4 is 5.32 Å². The van der Waals surface area contributed by atoms with Crippen molar-refractivity contribution < 1.29 is 18.7 Å². The predicted octanol–water partition coefficient (Wildman–Crippen LogP) is 3.95. The lowest BCUT2D eigenvalue weighted by Gasteiger charge is -2.15. The summed E-state index contributed by atoms with van der Waals surface area (Å²) in [7, 11) is 0. The summed E-state index contributed by atoms with van der Waals surface area (Å²) in [6.45, 7) is 5.38. The van der Waals surface area contributed by atoms with Crippen LogP contribution in [0.2, 0.25) is 0 Å². The van der Waals surface area contributed by atoms with E-state index >= 15 is 0 Å². The van der Waals surface area contributed by atoms with Gasteiger partial charge in [-0.2, -0.15) is 0 Å². The first-order valence-electron chi connectivity index (χ1n) is 8.18. The lowest BCUT2D eigenvalue weighted by atomic mass is 10.1. The molecule has 0 radical (unpaired) electrons. The van der Waals surface area contributed by atoms with Gasteiger partial charge in [-0.15, -0.1) is 0 Å². The van der Waals surface area contributed by atoms with E-state index < -0.39 is 18.0 Å². The standard InChI is InChI=1S/C20H22FNO3/c1-13-8-10-18(14(2)12-13)22-20(24)15(3)25-19(23)11-9-16-6-4-5-7-17(16)21/h4-8,10,12,15H,9,11H2,1-3H3,(H,22,24)/t15-/m1/s1. The van der Waals surface area contributed by atoms with Crippen molar-refractivity contribution >= 4 is 17.6 Å². The van der Waals surface area contributed by atoms with Crippen molar-refractivity contribution in [2.24, 2.45) is 0 Å². The molecule has 1 atom stereocenters. The molecule has 1 amide bonds. The van der Waals surface area contributed by atoms with Crippen molar-refractivity contribution in [1.29, 1.82) is 0 Å². The molecule has 0 unspecified atom stereocenters. The van der Waals surface area contributed by atoms with Crippen LogP contribution in [0.4, 0.5) is 10.1 Å². The minimum atomic E-state index is -0.922. The Balaban J connectivity index is 1.85. The third-order valence-corrected chi connectivity index (χ3v) is 3.87. The summed E-state index contributed by atoms with van der Waals surface area (Å²) in [5, 5.41) is 2.75. The molecule has 0 aliphatic rings. The van der Waals surface area contributed by atoms with E-state index in [0.717, 1.165) is 11.1 Å². The molecule has 25 heavy (non-hydrogen) atoms. The first kappa shape index (κ1) is 18.6. The molecule has 0 fully saturated rings. The summed E-state index contributed by atoms with van der Waals surface area (Å²) in [6.07, 6.45) is -0.673. The molecule has 0 aliphatic heterocycles. The van der Waals surface area contributed by atoms with Crippen molar-refractivity contribution in [3.63, 3.8) is 0 Å². The lowest BCUT2D eigenvalue weighted by Crippen LogP contribution is -2.30. The fourth-order valence-electron chi connectivity index (χ4n) is 2.44. The molecule has 4 nitrogen and oxygen atoms in total. The third-order valence-electron chi connectivity index (χ3n) is 3.87. The number of benzene rings is 2. The second-order valence-electron chi connectivity index (χ2n) is 6.03. The molecule has 132 valence electrons. The molecule has 0 aliphatic carbocycles. The minimum absolute atomic E-state index is 0.0160. The van der Waals surface area contributed by atoms with Crippen LogP contribution in [0.25, 0.3) is 0 Å². The molecule has 0 spiro atoms. The maximum Gasteiger partial charge on any atom is 0.306 e. The van der Waals surface area contributed by atoms with Crippen LogP contribution in [0.3, 0.4) is 0 Å². The lowest BCUT2D eigenvalue weighted by molar-refractivity contribution is -0.153. The molecule has 0 saturated carbocycles. The number of hydrogen-bond acceptors (Lipinski definition) is 3. The zero-order valence-electron chi connectivity index (χ0n) is 14.6. The number of carbonyl (C=O) groups excluding carboxylic acids is 2. The Morgan fingerprint density at radius 1 is 1.16 bits per heavy atom.